The minimum atomic E-state index is -4.45. The van der Waals surface area contributed by atoms with E-state index in [2.05, 4.69) is 23.8 Å². The summed E-state index contributed by atoms with van der Waals surface area (Å²) in [5.41, 5.74) is 1.02. The lowest BCUT2D eigenvalue weighted by Gasteiger charge is -2.41. The molecule has 4 rings (SSSR count). The Bertz CT molecular complexity index is 956. The second-order valence-corrected chi connectivity index (χ2v) is 7.56. The van der Waals surface area contributed by atoms with Gasteiger partial charge in [0.1, 0.15) is 11.5 Å². The largest absolute Gasteiger partial charge is 0.416 e. The molecule has 0 saturated heterocycles. The summed E-state index contributed by atoms with van der Waals surface area (Å²) in [5.74, 6) is 0.215. The number of hydrogen-bond acceptors (Lipinski definition) is 3. The molecule has 0 saturated carbocycles. The Morgan fingerprint density at radius 2 is 1.74 bits per heavy atom. The Balaban J connectivity index is 1.91. The molecule has 2 aliphatic rings. The van der Waals surface area contributed by atoms with Crippen LogP contribution in [0, 0.1) is 11.2 Å². The second-order valence-electron chi connectivity index (χ2n) is 7.56. The van der Waals surface area contributed by atoms with Crippen LogP contribution < -0.4 is 4.90 Å². The number of benzene rings is 2. The van der Waals surface area contributed by atoms with Gasteiger partial charge in [-0.15, -0.1) is 0 Å². The highest BCUT2D eigenvalue weighted by Crippen LogP contribution is 2.41. The van der Waals surface area contributed by atoms with Crippen LogP contribution in [0.25, 0.3) is 0 Å². The minimum Gasteiger partial charge on any atom is -0.322 e. The van der Waals surface area contributed by atoms with E-state index in [0.29, 0.717) is 35.9 Å². The Hall–Kier alpha value is -2.70. The molecule has 140 valence electrons. The van der Waals surface area contributed by atoms with Gasteiger partial charge in [0.05, 0.1) is 16.9 Å². The molecule has 0 N–H and O–H groups in total. The molecule has 0 amide bonds. The van der Waals surface area contributed by atoms with Gasteiger partial charge in [0.15, 0.2) is 5.84 Å². The van der Waals surface area contributed by atoms with E-state index < -0.39 is 17.6 Å². The first-order chi connectivity index (χ1) is 12.6. The van der Waals surface area contributed by atoms with E-state index in [1.807, 2.05) is 4.90 Å². The highest BCUT2D eigenvalue weighted by atomic mass is 19.4. The third-order valence-corrected chi connectivity index (χ3v) is 4.65. The summed E-state index contributed by atoms with van der Waals surface area (Å²) in [4.78, 5) is 11.0. The Kier molecular flexibility index (Phi) is 3.87. The van der Waals surface area contributed by atoms with E-state index in [-0.39, 0.29) is 11.1 Å². The molecule has 0 aliphatic carbocycles. The smallest absolute Gasteiger partial charge is 0.322 e. The molecule has 7 heteroatoms. The molecule has 0 bridgehead atoms. The van der Waals surface area contributed by atoms with E-state index in [9.17, 15) is 17.6 Å². The number of aliphatic imine (C=N–C) groups is 2. The van der Waals surface area contributed by atoms with Crippen molar-refractivity contribution >= 4 is 22.9 Å². The van der Waals surface area contributed by atoms with Crippen molar-refractivity contribution in [2.75, 3.05) is 18.0 Å². The molecule has 2 aliphatic heterocycles. The van der Waals surface area contributed by atoms with Crippen LogP contribution in [0.2, 0.25) is 0 Å². The number of nitrogens with zero attached hydrogens (tertiary/aromatic N) is 3. The number of hydrogen-bond donors (Lipinski definition) is 0. The standard InChI is InChI=1S/C20H17F4N3/c1-19(2)10-25-18-17(12-3-6-14(21)7-4-12)26-15-9-13(20(22,23)24)5-8-16(15)27(18)11-19/h3-9H,10-11H2,1-2H3. The maximum Gasteiger partial charge on any atom is 0.416 e. The van der Waals surface area contributed by atoms with Gasteiger partial charge in [0, 0.05) is 24.1 Å². The molecular formula is C20H17F4N3. The molecule has 0 fully saturated rings. The molecule has 0 atom stereocenters. The molecular weight excluding hydrogens is 358 g/mol. The Morgan fingerprint density at radius 3 is 2.41 bits per heavy atom. The topological polar surface area (TPSA) is 28.0 Å². The van der Waals surface area contributed by atoms with E-state index in [4.69, 9.17) is 0 Å². The SMILES string of the molecule is CC1(C)CN=C2C(c3ccc(F)cc3)=Nc3cc(C(F)(F)F)ccc3N2C1. The summed E-state index contributed by atoms with van der Waals surface area (Å²) < 4.78 is 52.8. The lowest BCUT2D eigenvalue weighted by Crippen LogP contribution is -2.49. The highest BCUT2D eigenvalue weighted by Gasteiger charge is 2.37. The third kappa shape index (κ3) is 3.22. The van der Waals surface area contributed by atoms with Crippen LogP contribution >= 0.6 is 0 Å². The summed E-state index contributed by atoms with van der Waals surface area (Å²) >= 11 is 0. The van der Waals surface area contributed by atoms with Crippen LogP contribution in [-0.4, -0.2) is 24.6 Å². The van der Waals surface area contributed by atoms with Gasteiger partial charge in [-0.05, 0) is 42.5 Å². The van der Waals surface area contributed by atoms with Crippen LogP contribution in [0.3, 0.4) is 0 Å². The van der Waals surface area contributed by atoms with Crippen molar-refractivity contribution in [1.29, 1.82) is 0 Å². The predicted molar refractivity (Wildman–Crippen MR) is 97.5 cm³/mol. The van der Waals surface area contributed by atoms with Gasteiger partial charge in [-0.25, -0.2) is 9.38 Å². The van der Waals surface area contributed by atoms with Crippen molar-refractivity contribution in [3.63, 3.8) is 0 Å². The highest BCUT2D eigenvalue weighted by molar-refractivity contribution is 6.53. The number of halogens is 4. The quantitative estimate of drug-likeness (QED) is 0.628. The van der Waals surface area contributed by atoms with Gasteiger partial charge in [-0.2, -0.15) is 13.2 Å². The zero-order valence-electron chi connectivity index (χ0n) is 14.8. The molecule has 3 nitrogen and oxygen atoms in total. The van der Waals surface area contributed by atoms with E-state index in [0.717, 1.165) is 12.1 Å². The van der Waals surface area contributed by atoms with Crippen molar-refractivity contribution in [3.05, 3.63) is 59.4 Å². The molecule has 0 aromatic heterocycles. The fourth-order valence-electron chi connectivity index (χ4n) is 3.32. The van der Waals surface area contributed by atoms with Crippen molar-refractivity contribution in [1.82, 2.24) is 0 Å². The zero-order chi connectivity index (χ0) is 19.4. The van der Waals surface area contributed by atoms with Crippen LogP contribution in [-0.2, 0) is 6.18 Å². The fraction of sp³-hybridized carbons (Fsp3) is 0.300. The van der Waals surface area contributed by atoms with Crippen molar-refractivity contribution in [2.45, 2.75) is 20.0 Å². The van der Waals surface area contributed by atoms with Crippen LogP contribution in [0.5, 0.6) is 0 Å². The summed E-state index contributed by atoms with van der Waals surface area (Å²) in [6, 6.07) is 9.29. The third-order valence-electron chi connectivity index (χ3n) is 4.65. The molecule has 27 heavy (non-hydrogen) atoms. The van der Waals surface area contributed by atoms with Gasteiger partial charge in [0.2, 0.25) is 0 Å². The van der Waals surface area contributed by atoms with Gasteiger partial charge in [-0.1, -0.05) is 13.8 Å². The van der Waals surface area contributed by atoms with Gasteiger partial charge in [0.25, 0.3) is 0 Å². The van der Waals surface area contributed by atoms with E-state index >= 15 is 0 Å². The van der Waals surface area contributed by atoms with Crippen molar-refractivity contribution in [3.8, 4) is 0 Å². The first-order valence-corrected chi connectivity index (χ1v) is 8.52. The number of amidine groups is 1. The second kappa shape index (κ2) is 5.90. The monoisotopic (exact) mass is 375 g/mol. The lowest BCUT2D eigenvalue weighted by atomic mass is 9.89. The first kappa shape index (κ1) is 17.7. The number of rotatable bonds is 1. The Labute approximate surface area is 154 Å². The Morgan fingerprint density at radius 1 is 1.04 bits per heavy atom. The average molecular weight is 375 g/mol. The zero-order valence-corrected chi connectivity index (χ0v) is 14.8. The van der Waals surface area contributed by atoms with E-state index in [1.54, 1.807) is 12.1 Å². The maximum atomic E-state index is 13.3. The molecule has 0 spiro atoms. The average Bonchev–Trinajstić information content (AvgIpc) is 2.59. The van der Waals surface area contributed by atoms with Crippen LogP contribution in [0.1, 0.15) is 25.0 Å². The minimum absolute atomic E-state index is 0.130. The maximum absolute atomic E-state index is 13.3. The number of anilines is 1. The molecule has 2 aromatic rings. The van der Waals surface area contributed by atoms with E-state index in [1.165, 1.54) is 18.2 Å². The van der Waals surface area contributed by atoms with Gasteiger partial charge >= 0.3 is 6.18 Å². The van der Waals surface area contributed by atoms with Crippen LogP contribution in [0.15, 0.2) is 52.4 Å². The molecule has 2 heterocycles. The predicted octanol–water partition coefficient (Wildman–Crippen LogP) is 5.22. The lowest BCUT2D eigenvalue weighted by molar-refractivity contribution is -0.137. The summed E-state index contributed by atoms with van der Waals surface area (Å²) in [6.07, 6.45) is -4.45. The molecule has 2 aromatic carbocycles. The number of alkyl halides is 3. The fourth-order valence-corrected chi connectivity index (χ4v) is 3.32. The van der Waals surface area contributed by atoms with Crippen molar-refractivity contribution in [2.24, 2.45) is 15.4 Å². The van der Waals surface area contributed by atoms with Crippen LogP contribution in [0.4, 0.5) is 28.9 Å². The normalized spacial score (nSPS) is 18.4. The van der Waals surface area contributed by atoms with Gasteiger partial charge in [-0.3, -0.25) is 4.99 Å². The molecule has 0 radical (unpaired) electrons. The van der Waals surface area contributed by atoms with Crippen molar-refractivity contribution < 1.29 is 17.6 Å². The first-order valence-electron chi connectivity index (χ1n) is 8.52. The van der Waals surface area contributed by atoms with Gasteiger partial charge < -0.3 is 4.90 Å². The number of fused-ring (bicyclic) bond motifs is 3. The summed E-state index contributed by atoms with van der Waals surface area (Å²) in [7, 11) is 0. The summed E-state index contributed by atoms with van der Waals surface area (Å²) in [5, 5.41) is 0. The molecule has 0 unspecified atom stereocenters. The summed E-state index contributed by atoms with van der Waals surface area (Å²) in [6.45, 7) is 5.29.